The van der Waals surface area contributed by atoms with Gasteiger partial charge in [0.1, 0.15) is 18.0 Å². The molecule has 24 heavy (non-hydrogen) atoms. The average molecular weight is 325 g/mol. The van der Waals surface area contributed by atoms with Crippen LogP contribution >= 0.6 is 0 Å². The number of carbonyl (C=O) groups excluding carboxylic acids is 1. The molecule has 0 aromatic heterocycles. The van der Waals surface area contributed by atoms with Gasteiger partial charge in [-0.15, -0.1) is 0 Å². The smallest absolute Gasteiger partial charge is 0.331 e. The maximum atomic E-state index is 13.9. The normalized spacial score (nSPS) is 26.5. The van der Waals surface area contributed by atoms with E-state index in [1.165, 1.54) is 12.1 Å². The zero-order valence-corrected chi connectivity index (χ0v) is 13.4. The Morgan fingerprint density at radius 2 is 1.96 bits per heavy atom. The summed E-state index contributed by atoms with van der Waals surface area (Å²) in [5.74, 6) is -0.602. The number of nitrogens with one attached hydrogen (secondary N) is 1. The van der Waals surface area contributed by atoms with Crippen LogP contribution in [0.2, 0.25) is 0 Å². The highest BCUT2D eigenvalue weighted by Crippen LogP contribution is 2.40. The first-order chi connectivity index (χ1) is 11.7. The Labute approximate surface area is 140 Å². The molecule has 1 heterocycles. The van der Waals surface area contributed by atoms with E-state index in [-0.39, 0.29) is 17.8 Å². The van der Waals surface area contributed by atoms with Gasteiger partial charge in [0.05, 0.1) is 6.04 Å². The minimum Gasteiger partial charge on any atom is -0.462 e. The van der Waals surface area contributed by atoms with Gasteiger partial charge in [-0.3, -0.25) is 5.32 Å². The highest BCUT2D eigenvalue weighted by Gasteiger charge is 2.48. The molecule has 1 spiro atoms. The third kappa shape index (κ3) is 2.51. The van der Waals surface area contributed by atoms with Crippen LogP contribution in [0.4, 0.5) is 4.39 Å². The topological polar surface area (TPSA) is 38.3 Å². The van der Waals surface area contributed by atoms with Gasteiger partial charge in [-0.1, -0.05) is 42.8 Å². The van der Waals surface area contributed by atoms with Crippen molar-refractivity contribution >= 4 is 5.97 Å². The van der Waals surface area contributed by atoms with Crippen LogP contribution < -0.4 is 5.32 Å². The lowest BCUT2D eigenvalue weighted by molar-refractivity contribution is -0.160. The molecule has 1 aliphatic heterocycles. The van der Waals surface area contributed by atoms with E-state index in [1.54, 1.807) is 6.07 Å². The SMILES string of the molecule is O=C1OC[C@@H](c2ccccc2)N[C@]12CCCCc1ccc(F)cc12. The molecule has 0 amide bonds. The summed E-state index contributed by atoms with van der Waals surface area (Å²) in [5, 5.41) is 3.52. The van der Waals surface area contributed by atoms with Crippen molar-refractivity contribution < 1.29 is 13.9 Å². The summed E-state index contributed by atoms with van der Waals surface area (Å²) in [5.41, 5.74) is 1.90. The second-order valence-electron chi connectivity index (χ2n) is 6.62. The number of carbonyl (C=O) groups is 1. The Kier molecular flexibility index (Phi) is 3.85. The maximum Gasteiger partial charge on any atom is 0.331 e. The molecule has 0 saturated carbocycles. The minimum absolute atomic E-state index is 0.0851. The van der Waals surface area contributed by atoms with Crippen molar-refractivity contribution in [3.63, 3.8) is 0 Å². The number of hydrogen-bond donors (Lipinski definition) is 1. The van der Waals surface area contributed by atoms with E-state index in [0.29, 0.717) is 13.0 Å². The molecule has 1 fully saturated rings. The van der Waals surface area contributed by atoms with Gasteiger partial charge < -0.3 is 4.74 Å². The molecular weight excluding hydrogens is 305 g/mol. The van der Waals surface area contributed by atoms with Crippen LogP contribution in [0, 0.1) is 5.82 Å². The Morgan fingerprint density at radius 3 is 2.79 bits per heavy atom. The zero-order chi connectivity index (χ0) is 16.6. The molecule has 0 bridgehead atoms. The fourth-order valence-electron chi connectivity index (χ4n) is 3.91. The molecular formula is C20H20FNO2. The lowest BCUT2D eigenvalue weighted by Gasteiger charge is -2.41. The highest BCUT2D eigenvalue weighted by atomic mass is 19.1. The summed E-state index contributed by atoms with van der Waals surface area (Å²) in [4.78, 5) is 12.8. The summed E-state index contributed by atoms with van der Waals surface area (Å²) < 4.78 is 19.5. The number of esters is 1. The zero-order valence-electron chi connectivity index (χ0n) is 13.4. The summed E-state index contributed by atoms with van der Waals surface area (Å²) in [6, 6.07) is 14.6. The number of benzene rings is 2. The van der Waals surface area contributed by atoms with E-state index in [2.05, 4.69) is 5.32 Å². The second-order valence-corrected chi connectivity index (χ2v) is 6.62. The number of halogens is 1. The molecule has 3 nitrogen and oxygen atoms in total. The number of hydrogen-bond acceptors (Lipinski definition) is 3. The van der Waals surface area contributed by atoms with E-state index >= 15 is 0 Å². The molecule has 4 rings (SSSR count). The van der Waals surface area contributed by atoms with Crippen molar-refractivity contribution in [2.75, 3.05) is 6.61 Å². The molecule has 0 unspecified atom stereocenters. The Balaban J connectivity index is 1.79. The van der Waals surface area contributed by atoms with Crippen LogP contribution in [0.25, 0.3) is 0 Å². The number of cyclic esters (lactones) is 1. The Bertz CT molecular complexity index is 761. The molecule has 2 aliphatic rings. The number of morpholine rings is 1. The van der Waals surface area contributed by atoms with Crippen LogP contribution in [-0.4, -0.2) is 12.6 Å². The molecule has 2 atom stereocenters. The fraction of sp³-hybridized carbons (Fsp3) is 0.350. The Hall–Kier alpha value is -2.20. The summed E-state index contributed by atoms with van der Waals surface area (Å²) in [7, 11) is 0. The number of ether oxygens (including phenoxy) is 1. The first kappa shape index (κ1) is 15.3. The van der Waals surface area contributed by atoms with Gasteiger partial charge in [-0.05, 0) is 48.1 Å². The van der Waals surface area contributed by atoms with Gasteiger partial charge in [-0.2, -0.15) is 0 Å². The molecule has 1 aliphatic carbocycles. The van der Waals surface area contributed by atoms with Crippen molar-refractivity contribution in [2.45, 2.75) is 37.3 Å². The van der Waals surface area contributed by atoms with Crippen LogP contribution in [0.1, 0.15) is 42.0 Å². The molecule has 4 heteroatoms. The van der Waals surface area contributed by atoms with Crippen molar-refractivity contribution in [1.82, 2.24) is 5.32 Å². The van der Waals surface area contributed by atoms with Crippen LogP contribution in [0.5, 0.6) is 0 Å². The third-order valence-corrected chi connectivity index (χ3v) is 5.13. The standard InChI is InChI=1S/C20H20FNO2/c21-16-10-9-14-6-4-5-11-20(17(14)12-16)19(23)24-13-18(22-20)15-7-2-1-3-8-15/h1-3,7-10,12,18,22H,4-6,11,13H2/t18-,20-/m0/s1. The lowest BCUT2D eigenvalue weighted by Crippen LogP contribution is -2.56. The number of rotatable bonds is 1. The van der Waals surface area contributed by atoms with Crippen LogP contribution in [-0.2, 0) is 21.5 Å². The lowest BCUT2D eigenvalue weighted by atomic mass is 9.82. The number of fused-ring (bicyclic) bond motifs is 2. The van der Waals surface area contributed by atoms with Crippen molar-refractivity contribution in [1.29, 1.82) is 0 Å². The van der Waals surface area contributed by atoms with Crippen molar-refractivity contribution in [3.05, 3.63) is 71.0 Å². The van der Waals surface area contributed by atoms with Crippen LogP contribution in [0.15, 0.2) is 48.5 Å². The summed E-state index contributed by atoms with van der Waals surface area (Å²) in [6.07, 6.45) is 3.39. The largest absolute Gasteiger partial charge is 0.462 e. The van der Waals surface area contributed by atoms with Gasteiger partial charge in [0.2, 0.25) is 0 Å². The van der Waals surface area contributed by atoms with Gasteiger partial charge >= 0.3 is 5.97 Å². The van der Waals surface area contributed by atoms with Gasteiger partial charge in [0.15, 0.2) is 0 Å². The summed E-state index contributed by atoms with van der Waals surface area (Å²) in [6.45, 7) is 0.301. The molecule has 0 radical (unpaired) electrons. The van der Waals surface area contributed by atoms with Crippen LogP contribution in [0.3, 0.4) is 0 Å². The predicted molar refractivity (Wildman–Crippen MR) is 88.9 cm³/mol. The highest BCUT2D eigenvalue weighted by molar-refractivity contribution is 5.84. The fourth-order valence-corrected chi connectivity index (χ4v) is 3.91. The molecule has 124 valence electrons. The minimum atomic E-state index is -0.952. The molecule has 1 N–H and O–H groups in total. The van der Waals surface area contributed by atoms with Gasteiger partial charge in [-0.25, -0.2) is 9.18 Å². The van der Waals surface area contributed by atoms with Crippen molar-refractivity contribution in [3.8, 4) is 0 Å². The molecule has 2 aromatic carbocycles. The monoisotopic (exact) mass is 325 g/mol. The average Bonchev–Trinajstić information content (AvgIpc) is 2.79. The second kappa shape index (κ2) is 6.02. The first-order valence-corrected chi connectivity index (χ1v) is 8.48. The number of aryl methyl sites for hydroxylation is 1. The van der Waals surface area contributed by atoms with E-state index in [4.69, 9.17) is 4.74 Å². The van der Waals surface area contributed by atoms with E-state index in [0.717, 1.165) is 36.0 Å². The van der Waals surface area contributed by atoms with E-state index in [9.17, 15) is 9.18 Å². The molecule has 1 saturated heterocycles. The third-order valence-electron chi connectivity index (χ3n) is 5.13. The first-order valence-electron chi connectivity index (χ1n) is 8.48. The van der Waals surface area contributed by atoms with Gasteiger partial charge in [0.25, 0.3) is 0 Å². The van der Waals surface area contributed by atoms with Gasteiger partial charge in [0, 0.05) is 0 Å². The predicted octanol–water partition coefficient (Wildman–Crippen LogP) is 3.64. The summed E-state index contributed by atoms with van der Waals surface area (Å²) >= 11 is 0. The van der Waals surface area contributed by atoms with Crippen molar-refractivity contribution in [2.24, 2.45) is 0 Å². The quantitative estimate of drug-likeness (QED) is 0.814. The Morgan fingerprint density at radius 1 is 1.12 bits per heavy atom. The maximum absolute atomic E-state index is 13.9. The molecule has 2 aromatic rings. The van der Waals surface area contributed by atoms with E-state index in [1.807, 2.05) is 30.3 Å². The van der Waals surface area contributed by atoms with E-state index < -0.39 is 5.54 Å².